The third-order valence-corrected chi connectivity index (χ3v) is 4.36. The number of tetrazole rings is 1. The molecule has 0 spiro atoms. The molecule has 29 heavy (non-hydrogen) atoms. The predicted molar refractivity (Wildman–Crippen MR) is 109 cm³/mol. The highest BCUT2D eigenvalue weighted by Crippen LogP contribution is 2.28. The first-order valence-electron chi connectivity index (χ1n) is 9.47. The van der Waals surface area contributed by atoms with E-state index in [1.165, 1.54) is 5.56 Å². The Morgan fingerprint density at radius 1 is 1.17 bits per heavy atom. The summed E-state index contributed by atoms with van der Waals surface area (Å²) in [6, 6.07) is 13.5. The van der Waals surface area contributed by atoms with Crippen molar-refractivity contribution in [1.29, 1.82) is 0 Å². The van der Waals surface area contributed by atoms with Crippen molar-refractivity contribution in [3.8, 4) is 22.6 Å². The number of nitrogens with zero attached hydrogens (tertiary/aromatic N) is 4. The molecule has 8 heteroatoms. The predicted octanol–water partition coefficient (Wildman–Crippen LogP) is 3.32. The van der Waals surface area contributed by atoms with Crippen molar-refractivity contribution < 1.29 is 14.3 Å². The number of carbonyl (C=O) groups excluding carboxylic acids is 1. The van der Waals surface area contributed by atoms with Gasteiger partial charge in [0.1, 0.15) is 5.75 Å². The summed E-state index contributed by atoms with van der Waals surface area (Å²) in [7, 11) is 1.58. The highest BCUT2D eigenvalue weighted by Gasteiger charge is 2.14. The first kappa shape index (κ1) is 20.5. The number of aryl methyl sites for hydroxylation is 2. The van der Waals surface area contributed by atoms with E-state index in [1.54, 1.807) is 17.9 Å². The van der Waals surface area contributed by atoms with Crippen LogP contribution in [-0.2, 0) is 11.2 Å². The normalized spacial score (nSPS) is 11.9. The molecular weight excluding hydrogens is 370 g/mol. The maximum absolute atomic E-state index is 12.3. The van der Waals surface area contributed by atoms with Crippen LogP contribution in [0.3, 0.4) is 0 Å². The zero-order chi connectivity index (χ0) is 20.8. The fraction of sp³-hybridized carbons (Fsp3) is 0.333. The van der Waals surface area contributed by atoms with Crippen molar-refractivity contribution in [2.24, 2.45) is 0 Å². The number of aromatic nitrogens is 4. The molecule has 1 N–H and O–H groups in total. The van der Waals surface area contributed by atoms with E-state index < -0.39 is 6.09 Å². The van der Waals surface area contributed by atoms with Crippen molar-refractivity contribution in [1.82, 2.24) is 25.5 Å². The van der Waals surface area contributed by atoms with Gasteiger partial charge in [-0.1, -0.05) is 36.8 Å². The lowest BCUT2D eigenvalue weighted by Crippen LogP contribution is -2.37. The average Bonchev–Trinajstić information content (AvgIpc) is 3.17. The van der Waals surface area contributed by atoms with Crippen LogP contribution in [0.4, 0.5) is 4.79 Å². The summed E-state index contributed by atoms with van der Waals surface area (Å²) in [4.78, 5) is 12.3. The molecule has 3 rings (SSSR count). The molecule has 152 valence electrons. The monoisotopic (exact) mass is 395 g/mol. The fourth-order valence-corrected chi connectivity index (χ4v) is 2.93. The average molecular weight is 395 g/mol. The van der Waals surface area contributed by atoms with Crippen LogP contribution in [0.25, 0.3) is 16.8 Å². The molecule has 0 bridgehead atoms. The molecule has 1 amide bonds. The third kappa shape index (κ3) is 5.17. The van der Waals surface area contributed by atoms with Crippen LogP contribution in [0.5, 0.6) is 5.75 Å². The van der Waals surface area contributed by atoms with Crippen LogP contribution >= 0.6 is 0 Å². The summed E-state index contributed by atoms with van der Waals surface area (Å²) in [5, 5.41) is 14.6. The van der Waals surface area contributed by atoms with E-state index in [1.807, 2.05) is 57.2 Å². The maximum Gasteiger partial charge on any atom is 0.412 e. The number of methoxy groups -OCH3 is 1. The van der Waals surface area contributed by atoms with Gasteiger partial charge in [0.2, 0.25) is 0 Å². The van der Waals surface area contributed by atoms with Crippen LogP contribution in [0.2, 0.25) is 0 Å². The summed E-state index contributed by atoms with van der Waals surface area (Å²) >= 11 is 0. The summed E-state index contributed by atoms with van der Waals surface area (Å²) < 4.78 is 12.2. The second-order valence-electron chi connectivity index (χ2n) is 6.83. The third-order valence-electron chi connectivity index (χ3n) is 4.36. The van der Waals surface area contributed by atoms with E-state index in [2.05, 4.69) is 20.8 Å². The highest BCUT2D eigenvalue weighted by molar-refractivity contribution is 5.74. The molecule has 8 nitrogen and oxygen atoms in total. The Morgan fingerprint density at radius 3 is 2.62 bits per heavy atom. The lowest BCUT2D eigenvalue weighted by atomic mass is 10.0. The first-order valence-corrected chi connectivity index (χ1v) is 9.47. The molecule has 0 aliphatic rings. The zero-order valence-corrected chi connectivity index (χ0v) is 17.0. The molecular formula is C21H25N5O3. The molecule has 0 fully saturated rings. The van der Waals surface area contributed by atoms with E-state index in [0.717, 1.165) is 22.6 Å². The minimum absolute atomic E-state index is 0.168. The number of hydrogen-bond donors (Lipinski definition) is 1. The standard InChI is InChI=1S/C21H25N5O3/c1-5-20-23-24-25-26(20)18-10-17(16-8-6-14(2)7-9-16)11-19(12-18)29-21(27)22-15(3)13-28-4/h6-12,15H,5,13H2,1-4H3,(H,22,27)/t15-/m1/s1. The molecule has 0 aliphatic heterocycles. The molecule has 0 aliphatic carbocycles. The van der Waals surface area contributed by atoms with E-state index in [4.69, 9.17) is 9.47 Å². The van der Waals surface area contributed by atoms with Gasteiger partial charge in [0.15, 0.2) is 5.82 Å². The van der Waals surface area contributed by atoms with E-state index >= 15 is 0 Å². The minimum atomic E-state index is -0.547. The van der Waals surface area contributed by atoms with Crippen LogP contribution < -0.4 is 10.1 Å². The zero-order valence-electron chi connectivity index (χ0n) is 17.0. The quantitative estimate of drug-likeness (QED) is 0.660. The van der Waals surface area contributed by atoms with E-state index in [0.29, 0.717) is 18.8 Å². The van der Waals surface area contributed by atoms with Crippen molar-refractivity contribution in [3.05, 3.63) is 53.9 Å². The van der Waals surface area contributed by atoms with Crippen LogP contribution in [0.1, 0.15) is 25.2 Å². The van der Waals surface area contributed by atoms with Crippen molar-refractivity contribution in [3.63, 3.8) is 0 Å². The number of amides is 1. The summed E-state index contributed by atoms with van der Waals surface area (Å²) in [5.41, 5.74) is 3.79. The molecule has 1 aromatic heterocycles. The van der Waals surface area contributed by atoms with Gasteiger partial charge < -0.3 is 14.8 Å². The Labute approximate surface area is 169 Å². The van der Waals surface area contributed by atoms with Crippen molar-refractivity contribution in [2.45, 2.75) is 33.2 Å². The van der Waals surface area contributed by atoms with Gasteiger partial charge in [-0.2, -0.15) is 4.68 Å². The molecule has 2 aromatic carbocycles. The lowest BCUT2D eigenvalue weighted by Gasteiger charge is -2.14. The molecule has 0 unspecified atom stereocenters. The van der Waals surface area contributed by atoms with Crippen LogP contribution in [0.15, 0.2) is 42.5 Å². The van der Waals surface area contributed by atoms with Crippen LogP contribution in [-0.4, -0.2) is 46.1 Å². The number of nitrogens with one attached hydrogen (secondary N) is 1. The smallest absolute Gasteiger partial charge is 0.410 e. The van der Waals surface area contributed by atoms with Gasteiger partial charge in [-0.05, 0) is 47.5 Å². The lowest BCUT2D eigenvalue weighted by molar-refractivity contribution is 0.159. The van der Waals surface area contributed by atoms with Crippen LogP contribution in [0, 0.1) is 6.92 Å². The summed E-state index contributed by atoms with van der Waals surface area (Å²) in [6.07, 6.45) is 0.126. The fourth-order valence-electron chi connectivity index (χ4n) is 2.93. The van der Waals surface area contributed by atoms with Gasteiger partial charge in [0, 0.05) is 19.6 Å². The Balaban J connectivity index is 1.96. The minimum Gasteiger partial charge on any atom is -0.410 e. The Hall–Kier alpha value is -3.26. The highest BCUT2D eigenvalue weighted by atomic mass is 16.6. The largest absolute Gasteiger partial charge is 0.412 e. The van der Waals surface area contributed by atoms with Gasteiger partial charge in [-0.25, -0.2) is 4.79 Å². The number of benzene rings is 2. The second-order valence-corrected chi connectivity index (χ2v) is 6.83. The molecule has 0 radical (unpaired) electrons. The molecule has 0 saturated carbocycles. The van der Waals surface area contributed by atoms with Gasteiger partial charge >= 0.3 is 6.09 Å². The van der Waals surface area contributed by atoms with E-state index in [9.17, 15) is 4.79 Å². The molecule has 3 aromatic rings. The summed E-state index contributed by atoms with van der Waals surface area (Å²) in [6.45, 7) is 6.25. The Bertz CT molecular complexity index is 969. The van der Waals surface area contributed by atoms with Gasteiger partial charge in [-0.3, -0.25) is 0 Å². The number of ether oxygens (including phenoxy) is 2. The number of hydrogen-bond acceptors (Lipinski definition) is 6. The molecule has 1 atom stereocenters. The number of carbonyl (C=O) groups is 1. The first-order chi connectivity index (χ1) is 14.0. The Kier molecular flexibility index (Phi) is 6.56. The Morgan fingerprint density at radius 2 is 1.93 bits per heavy atom. The number of rotatable bonds is 7. The van der Waals surface area contributed by atoms with Crippen molar-refractivity contribution >= 4 is 6.09 Å². The molecule has 1 heterocycles. The molecule has 0 saturated heterocycles. The van der Waals surface area contributed by atoms with Gasteiger partial charge in [0.05, 0.1) is 18.3 Å². The van der Waals surface area contributed by atoms with E-state index in [-0.39, 0.29) is 6.04 Å². The summed E-state index contributed by atoms with van der Waals surface area (Å²) in [5.74, 6) is 1.12. The topological polar surface area (TPSA) is 91.2 Å². The van der Waals surface area contributed by atoms with Crippen molar-refractivity contribution in [2.75, 3.05) is 13.7 Å². The SMILES string of the molecule is CCc1nnnn1-c1cc(OC(=O)N[C@H](C)COC)cc(-c2ccc(C)cc2)c1. The maximum atomic E-state index is 12.3. The van der Waals surface area contributed by atoms with Gasteiger partial charge in [-0.15, -0.1) is 5.10 Å². The second kappa shape index (κ2) is 9.29. The van der Waals surface area contributed by atoms with Gasteiger partial charge in [0.25, 0.3) is 0 Å².